The van der Waals surface area contributed by atoms with Gasteiger partial charge in [-0.05, 0) is 0 Å². The van der Waals surface area contributed by atoms with Gasteiger partial charge in [0.15, 0.2) is 0 Å². The van der Waals surface area contributed by atoms with E-state index in [-0.39, 0.29) is 17.5 Å². The van der Waals surface area contributed by atoms with Gasteiger partial charge in [-0.2, -0.15) is 0 Å². The van der Waals surface area contributed by atoms with Gasteiger partial charge in [0.1, 0.15) is 0 Å². The van der Waals surface area contributed by atoms with Crippen LogP contribution in [-0.2, 0) is 12.8 Å². The molecule has 2 heterocycles. The van der Waals surface area contributed by atoms with E-state index < -0.39 is 0 Å². The van der Waals surface area contributed by atoms with Crippen molar-refractivity contribution in [3.63, 3.8) is 0 Å². The van der Waals surface area contributed by atoms with Crippen molar-refractivity contribution >= 4 is 51.4 Å². The van der Waals surface area contributed by atoms with Crippen LogP contribution in [0.3, 0.4) is 0 Å². The molecule has 0 aliphatic heterocycles. The summed E-state index contributed by atoms with van der Waals surface area (Å²) in [4.78, 5) is 8.87. The molecule has 2 aromatic carbocycles. The van der Waals surface area contributed by atoms with Crippen LogP contribution in [0.15, 0.2) is 48.9 Å². The molecule has 0 amide bonds. The maximum atomic E-state index is 4.55. The van der Waals surface area contributed by atoms with E-state index in [0.717, 1.165) is 25.7 Å². The van der Waals surface area contributed by atoms with Crippen molar-refractivity contribution in [2.75, 3.05) is 0 Å². The van der Waals surface area contributed by atoms with Gasteiger partial charge in [-0.3, -0.25) is 0 Å². The van der Waals surface area contributed by atoms with Crippen molar-refractivity contribution in [1.82, 2.24) is 12.7 Å². The molecule has 0 atom stereocenters. The minimum absolute atomic E-state index is 0.110. The summed E-state index contributed by atoms with van der Waals surface area (Å²) in [5.74, 6) is 0. The van der Waals surface area contributed by atoms with Crippen LogP contribution in [-0.4, -0.2) is 12.7 Å². The van der Waals surface area contributed by atoms with E-state index >= 15 is 0 Å². The number of nitrogens with zero attached hydrogens (tertiary/aromatic N) is 3. The number of hydrogen-bond donors (Lipinski definition) is 0. The molecule has 0 saturated heterocycles. The summed E-state index contributed by atoms with van der Waals surface area (Å²) in [6, 6.07) is 13.5. The standard InChI is InChI=1S/C22H16I2N3/c23-24-27-20-10-5-13-3-1-2-4-14(13)21(20)17-7-6-15-16(22(17)27)8-9-19-18(15)11-25-12-26-19/h1-5,10-12H,6-9H2/q-1. The predicted octanol–water partition coefficient (Wildman–Crippen LogP) is 2.59. The Bertz CT molecular complexity index is 1270. The number of benzene rings is 2. The van der Waals surface area contributed by atoms with Crippen LogP contribution >= 0.6 is 18.6 Å². The van der Waals surface area contributed by atoms with Gasteiger partial charge in [-0.1, -0.05) is 0 Å². The zero-order chi connectivity index (χ0) is 18.0. The fourth-order valence-corrected chi connectivity index (χ4v) is 8.77. The third-order valence-corrected chi connectivity index (χ3v) is 9.79. The Morgan fingerprint density at radius 1 is 0.963 bits per heavy atom. The van der Waals surface area contributed by atoms with E-state index in [0.29, 0.717) is 0 Å². The number of halogens is 2. The van der Waals surface area contributed by atoms with Crippen LogP contribution in [0, 0.1) is 0 Å². The second-order valence-corrected chi connectivity index (χ2v) is 11.0. The van der Waals surface area contributed by atoms with Crippen molar-refractivity contribution in [2.24, 2.45) is 0 Å². The van der Waals surface area contributed by atoms with Crippen LogP contribution in [0.5, 0.6) is 0 Å². The first-order chi connectivity index (χ1) is 13.4. The van der Waals surface area contributed by atoms with Gasteiger partial charge in [-0.25, -0.2) is 0 Å². The molecule has 0 saturated carbocycles. The predicted molar refractivity (Wildman–Crippen MR) is 114 cm³/mol. The molecule has 3 nitrogen and oxygen atoms in total. The molecule has 0 N–H and O–H groups in total. The monoisotopic (exact) mass is 576 g/mol. The molecular weight excluding hydrogens is 560 g/mol. The normalized spacial score (nSPS) is 15.9. The maximum absolute atomic E-state index is 4.55. The van der Waals surface area contributed by atoms with Gasteiger partial charge in [0.2, 0.25) is 0 Å². The summed E-state index contributed by atoms with van der Waals surface area (Å²) in [7, 11) is 0. The van der Waals surface area contributed by atoms with Crippen molar-refractivity contribution in [3.8, 4) is 0 Å². The molecule has 134 valence electrons. The SMILES string of the molecule is I[I-]n1c2c(c3c4ccccc4ccc31)CCC1=C2CCc2ncncc21. The Hall–Kier alpha value is -1.48. The third kappa shape index (κ3) is 2.30. The summed E-state index contributed by atoms with van der Waals surface area (Å²) in [5, 5.41) is 4.24. The molecule has 6 rings (SSSR count). The van der Waals surface area contributed by atoms with E-state index in [2.05, 4.69) is 67.8 Å². The van der Waals surface area contributed by atoms with Gasteiger partial charge < -0.3 is 0 Å². The van der Waals surface area contributed by atoms with Gasteiger partial charge in [0, 0.05) is 0 Å². The average molecular weight is 576 g/mol. The van der Waals surface area contributed by atoms with Gasteiger partial charge in [0.25, 0.3) is 0 Å². The topological polar surface area (TPSA) is 30.7 Å². The molecule has 0 spiro atoms. The third-order valence-electron chi connectivity index (χ3n) is 5.97. The molecule has 5 heteroatoms. The second-order valence-electron chi connectivity index (χ2n) is 7.19. The minimum atomic E-state index is -0.110. The first kappa shape index (κ1) is 16.5. The fourth-order valence-electron chi connectivity index (χ4n) is 4.87. The number of aromatic nitrogens is 3. The van der Waals surface area contributed by atoms with Crippen LogP contribution in [0.4, 0.5) is 0 Å². The molecule has 0 radical (unpaired) electrons. The first-order valence-corrected chi connectivity index (χ1v) is 16.4. The number of hydrogen-bond acceptors (Lipinski definition) is 2. The molecule has 0 unspecified atom stereocenters. The Kier molecular flexibility index (Phi) is 3.82. The number of aryl methyl sites for hydroxylation is 2. The number of allylic oxidation sites excluding steroid dienone is 2. The molecule has 2 aliphatic carbocycles. The summed E-state index contributed by atoms with van der Waals surface area (Å²) >= 11 is 2.51. The van der Waals surface area contributed by atoms with Crippen LogP contribution in [0.2, 0.25) is 0 Å². The quantitative estimate of drug-likeness (QED) is 0.327. The van der Waals surface area contributed by atoms with E-state index in [1.165, 1.54) is 44.2 Å². The van der Waals surface area contributed by atoms with E-state index in [9.17, 15) is 0 Å². The second kappa shape index (κ2) is 6.27. The fraction of sp³-hybridized carbons (Fsp3) is 0.182. The summed E-state index contributed by atoms with van der Waals surface area (Å²) in [6.07, 6.45) is 8.06. The van der Waals surface area contributed by atoms with Crippen molar-refractivity contribution in [2.45, 2.75) is 25.7 Å². The van der Waals surface area contributed by atoms with Crippen molar-refractivity contribution in [1.29, 1.82) is 0 Å². The van der Waals surface area contributed by atoms with Crippen LogP contribution < -0.4 is 17.5 Å². The van der Waals surface area contributed by atoms with Crippen molar-refractivity contribution in [3.05, 3.63) is 71.4 Å². The number of rotatable bonds is 1. The molecule has 2 aromatic heterocycles. The summed E-state index contributed by atoms with van der Waals surface area (Å²) in [6.45, 7) is 0. The van der Waals surface area contributed by atoms with Crippen LogP contribution in [0.25, 0.3) is 32.8 Å². The Morgan fingerprint density at radius 2 is 1.85 bits per heavy atom. The summed E-state index contributed by atoms with van der Waals surface area (Å²) in [5.41, 5.74) is 10.1. The van der Waals surface area contributed by atoms with E-state index in [1.54, 1.807) is 17.5 Å². The molecular formula is C22H16I2N3-. The zero-order valence-corrected chi connectivity index (χ0v) is 18.9. The zero-order valence-electron chi connectivity index (χ0n) is 14.5. The van der Waals surface area contributed by atoms with Gasteiger partial charge in [-0.15, -0.1) is 0 Å². The Balaban J connectivity index is 1.73. The van der Waals surface area contributed by atoms with Crippen molar-refractivity contribution < 1.29 is 17.5 Å². The molecule has 0 fully saturated rings. The van der Waals surface area contributed by atoms with E-state index in [4.69, 9.17) is 0 Å². The number of fused-ring (bicyclic) bond motifs is 8. The molecule has 27 heavy (non-hydrogen) atoms. The van der Waals surface area contributed by atoms with Crippen LogP contribution in [0.1, 0.15) is 35.4 Å². The molecule has 4 aromatic rings. The Morgan fingerprint density at radius 3 is 2.78 bits per heavy atom. The first-order valence-electron chi connectivity index (χ1n) is 9.20. The summed E-state index contributed by atoms with van der Waals surface area (Å²) < 4.78 is 2.64. The molecule has 2 aliphatic rings. The Labute approximate surface area is 177 Å². The van der Waals surface area contributed by atoms with E-state index in [1.807, 2.05) is 6.20 Å². The van der Waals surface area contributed by atoms with Gasteiger partial charge in [0.05, 0.1) is 0 Å². The van der Waals surface area contributed by atoms with Gasteiger partial charge >= 0.3 is 179 Å². The average Bonchev–Trinajstić information content (AvgIpc) is 3.07. The molecule has 0 bridgehead atoms.